The minimum absolute atomic E-state index is 0.311. The highest BCUT2D eigenvalue weighted by atomic mass is 79.9. The van der Waals surface area contributed by atoms with E-state index in [0.29, 0.717) is 64.7 Å². The van der Waals surface area contributed by atoms with Crippen LogP contribution in [0.5, 0.6) is 5.75 Å². The fourth-order valence-electron chi connectivity index (χ4n) is 3.62. The summed E-state index contributed by atoms with van der Waals surface area (Å²) >= 11 is 3.47. The van der Waals surface area contributed by atoms with Gasteiger partial charge in [-0.2, -0.15) is 5.10 Å². The molecule has 13 heteroatoms. The Kier molecular flexibility index (Phi) is 9.73. The second kappa shape index (κ2) is 13.4. The Labute approximate surface area is 245 Å². The second-order valence-electron chi connectivity index (χ2n) is 9.98. The fourth-order valence-corrected chi connectivity index (χ4v) is 4.12. The lowest BCUT2D eigenvalue weighted by Gasteiger charge is -2.19. The van der Waals surface area contributed by atoms with Crippen LogP contribution in [0.25, 0.3) is 22.3 Å². The van der Waals surface area contributed by atoms with E-state index in [-0.39, 0.29) is 0 Å². The van der Waals surface area contributed by atoms with Crippen LogP contribution in [0.4, 0.5) is 21.0 Å². The molecule has 0 atom stereocenters. The quantitative estimate of drug-likeness (QED) is 0.200. The highest BCUT2D eigenvalue weighted by Crippen LogP contribution is 2.28. The van der Waals surface area contributed by atoms with Crippen LogP contribution >= 0.6 is 15.9 Å². The average molecular weight is 627 g/mol. The van der Waals surface area contributed by atoms with Crippen molar-refractivity contribution in [2.24, 2.45) is 7.05 Å². The van der Waals surface area contributed by atoms with Crippen LogP contribution < -0.4 is 20.7 Å². The number of ether oxygens (including phenoxy) is 3. The number of aromatic nitrogens is 4. The van der Waals surface area contributed by atoms with Crippen molar-refractivity contribution in [3.8, 4) is 17.0 Å². The third-order valence-corrected chi connectivity index (χ3v) is 6.01. The van der Waals surface area contributed by atoms with Crippen molar-refractivity contribution in [3.63, 3.8) is 0 Å². The number of hydrogen-bond acceptors (Lipinski definition) is 8. The van der Waals surface area contributed by atoms with Crippen molar-refractivity contribution in [2.45, 2.75) is 26.4 Å². The van der Waals surface area contributed by atoms with Crippen LogP contribution in [0.3, 0.4) is 0 Å². The van der Waals surface area contributed by atoms with Crippen LogP contribution in [-0.2, 0) is 16.5 Å². The predicted molar refractivity (Wildman–Crippen MR) is 159 cm³/mol. The van der Waals surface area contributed by atoms with E-state index in [0.717, 1.165) is 5.56 Å². The van der Waals surface area contributed by atoms with E-state index in [4.69, 9.17) is 14.2 Å². The van der Waals surface area contributed by atoms with Crippen molar-refractivity contribution in [1.82, 2.24) is 25.1 Å². The maximum absolute atomic E-state index is 12.6. The maximum Gasteiger partial charge on any atom is 0.407 e. The number of anilines is 2. The van der Waals surface area contributed by atoms with E-state index in [2.05, 4.69) is 46.9 Å². The minimum atomic E-state index is -0.542. The standard InChI is InChI=1S/C28H32BrN7O5/c1-28(2,3)41-27(38)30-9-10-39-11-12-40-25-8-6-19(13-21(25)29)33-26(37)34-20-5-7-22-23(14-20)35-24(16-31-22)18-15-32-36(4)17-18/h5-8,13-17H,9-12H2,1-4H3,(H,30,38)(H2,33,34,37). The van der Waals surface area contributed by atoms with Gasteiger partial charge in [-0.1, -0.05) is 0 Å². The Morgan fingerprint density at radius 3 is 2.44 bits per heavy atom. The van der Waals surface area contributed by atoms with Gasteiger partial charge in [0, 0.05) is 36.7 Å². The normalized spacial score (nSPS) is 11.2. The molecule has 0 aliphatic heterocycles. The smallest absolute Gasteiger partial charge is 0.407 e. The summed E-state index contributed by atoms with van der Waals surface area (Å²) in [6.07, 6.45) is 4.81. The van der Waals surface area contributed by atoms with Crippen LogP contribution in [0.1, 0.15) is 20.8 Å². The van der Waals surface area contributed by atoms with Gasteiger partial charge in [0.2, 0.25) is 0 Å². The summed E-state index contributed by atoms with van der Waals surface area (Å²) in [6, 6.07) is 10.1. The topological polar surface area (TPSA) is 142 Å². The third kappa shape index (κ3) is 9.15. The monoisotopic (exact) mass is 625 g/mol. The van der Waals surface area contributed by atoms with Crippen molar-refractivity contribution in [2.75, 3.05) is 37.0 Å². The van der Waals surface area contributed by atoms with E-state index >= 15 is 0 Å². The summed E-state index contributed by atoms with van der Waals surface area (Å²) in [5.41, 5.74) is 3.53. The van der Waals surface area contributed by atoms with Crippen LogP contribution in [0.15, 0.2) is 59.5 Å². The molecule has 2 aromatic heterocycles. The molecule has 0 bridgehead atoms. The number of halogens is 1. The first-order chi connectivity index (χ1) is 19.6. The first-order valence-corrected chi connectivity index (χ1v) is 13.7. The number of nitrogens with zero attached hydrogens (tertiary/aromatic N) is 4. The molecule has 0 saturated heterocycles. The Morgan fingerprint density at radius 1 is 0.976 bits per heavy atom. The SMILES string of the molecule is Cn1cc(-c2cnc3ccc(NC(=O)Nc4ccc(OCCOCCNC(=O)OC(C)(C)C)c(Br)c4)cc3n2)cn1. The molecule has 0 saturated carbocycles. The summed E-state index contributed by atoms with van der Waals surface area (Å²) in [5, 5.41) is 12.4. The molecule has 0 aliphatic rings. The van der Waals surface area contributed by atoms with Gasteiger partial charge in [0.05, 0.1) is 46.8 Å². The average Bonchev–Trinajstić information content (AvgIpc) is 3.34. The number of hydrogen-bond donors (Lipinski definition) is 3. The highest BCUT2D eigenvalue weighted by molar-refractivity contribution is 9.10. The fraction of sp³-hybridized carbons (Fsp3) is 0.321. The lowest BCUT2D eigenvalue weighted by Crippen LogP contribution is -2.34. The molecule has 4 aromatic rings. The number of rotatable bonds is 10. The Morgan fingerprint density at radius 2 is 1.73 bits per heavy atom. The van der Waals surface area contributed by atoms with Gasteiger partial charge in [0.15, 0.2) is 0 Å². The van der Waals surface area contributed by atoms with Gasteiger partial charge < -0.3 is 30.2 Å². The molecule has 12 nitrogen and oxygen atoms in total. The lowest BCUT2D eigenvalue weighted by atomic mass is 10.2. The molecular formula is C28H32BrN7O5. The van der Waals surface area contributed by atoms with Crippen molar-refractivity contribution in [1.29, 1.82) is 0 Å². The Balaban J connectivity index is 1.22. The zero-order chi connectivity index (χ0) is 29.4. The number of alkyl carbamates (subject to hydrolysis) is 1. The van der Waals surface area contributed by atoms with Gasteiger partial charge in [0.1, 0.15) is 18.0 Å². The molecule has 3 N–H and O–H groups in total. The zero-order valence-corrected chi connectivity index (χ0v) is 24.8. The predicted octanol–water partition coefficient (Wildman–Crippen LogP) is 5.36. The second-order valence-corrected chi connectivity index (χ2v) is 10.8. The number of fused-ring (bicyclic) bond motifs is 1. The minimum Gasteiger partial charge on any atom is -0.490 e. The molecule has 3 amide bonds. The molecule has 0 radical (unpaired) electrons. The number of amides is 3. The number of nitrogens with one attached hydrogen (secondary N) is 3. The van der Waals surface area contributed by atoms with Crippen molar-refractivity contribution >= 4 is 50.5 Å². The number of aryl methyl sites for hydroxylation is 1. The van der Waals surface area contributed by atoms with E-state index < -0.39 is 17.7 Å². The Hall–Kier alpha value is -4.23. The number of benzene rings is 2. The van der Waals surface area contributed by atoms with E-state index in [9.17, 15) is 9.59 Å². The van der Waals surface area contributed by atoms with Gasteiger partial charge in [-0.3, -0.25) is 9.67 Å². The largest absolute Gasteiger partial charge is 0.490 e. The van der Waals surface area contributed by atoms with Crippen molar-refractivity contribution in [3.05, 3.63) is 59.5 Å². The molecule has 4 rings (SSSR count). The molecule has 0 aliphatic carbocycles. The summed E-state index contributed by atoms with van der Waals surface area (Å²) in [5.74, 6) is 0.601. The first kappa shape index (κ1) is 29.7. The van der Waals surface area contributed by atoms with Crippen LogP contribution in [0.2, 0.25) is 0 Å². The maximum atomic E-state index is 12.6. The molecule has 2 aromatic carbocycles. The van der Waals surface area contributed by atoms with E-state index in [1.165, 1.54) is 0 Å². The van der Waals surface area contributed by atoms with Crippen LogP contribution in [-0.4, -0.2) is 63.8 Å². The first-order valence-electron chi connectivity index (χ1n) is 12.9. The van der Waals surface area contributed by atoms with E-state index in [1.54, 1.807) is 74.2 Å². The number of carbonyl (C=O) groups excluding carboxylic acids is 2. The molecule has 41 heavy (non-hydrogen) atoms. The summed E-state index contributed by atoms with van der Waals surface area (Å²) in [6.45, 7) is 6.72. The van der Waals surface area contributed by atoms with Gasteiger partial charge in [-0.15, -0.1) is 0 Å². The summed E-state index contributed by atoms with van der Waals surface area (Å²) in [4.78, 5) is 33.4. The van der Waals surface area contributed by atoms with Crippen molar-refractivity contribution < 1.29 is 23.8 Å². The zero-order valence-electron chi connectivity index (χ0n) is 23.2. The lowest BCUT2D eigenvalue weighted by molar-refractivity contribution is 0.0488. The number of carbonyl (C=O) groups is 2. The molecule has 0 unspecified atom stereocenters. The summed E-state index contributed by atoms with van der Waals surface area (Å²) < 4.78 is 18.8. The molecule has 0 fully saturated rings. The third-order valence-electron chi connectivity index (χ3n) is 5.39. The molecular weight excluding hydrogens is 594 g/mol. The Bertz CT molecular complexity index is 1520. The molecule has 2 heterocycles. The van der Waals surface area contributed by atoms with Gasteiger partial charge in [-0.25, -0.2) is 14.6 Å². The number of urea groups is 1. The van der Waals surface area contributed by atoms with Crippen LogP contribution in [0, 0.1) is 0 Å². The van der Waals surface area contributed by atoms with E-state index in [1.807, 2.05) is 13.2 Å². The van der Waals surface area contributed by atoms with Gasteiger partial charge in [-0.05, 0) is 73.1 Å². The summed E-state index contributed by atoms with van der Waals surface area (Å²) in [7, 11) is 1.84. The van der Waals surface area contributed by atoms with Gasteiger partial charge >= 0.3 is 12.1 Å². The highest BCUT2D eigenvalue weighted by Gasteiger charge is 2.15. The molecule has 216 valence electrons. The van der Waals surface area contributed by atoms with Gasteiger partial charge in [0.25, 0.3) is 0 Å². The molecule has 0 spiro atoms.